The molecule has 0 spiro atoms. The van der Waals surface area contributed by atoms with Crippen LogP contribution in [0.25, 0.3) is 0 Å². The maximum Gasteiger partial charge on any atom is 0.0477 e. The first-order chi connectivity index (χ1) is 4.93. The molecule has 0 saturated heterocycles. The zero-order valence-corrected chi connectivity index (χ0v) is 8.23. The summed E-state index contributed by atoms with van der Waals surface area (Å²) in [7, 11) is 0.118. The van der Waals surface area contributed by atoms with E-state index < -0.39 is 0 Å². The summed E-state index contributed by atoms with van der Waals surface area (Å²) >= 11 is 0. The molecule has 0 amide bonds. The topological polar surface area (TPSA) is 0 Å². The molecule has 1 aliphatic carbocycles. The number of rotatable bonds is 2. The summed E-state index contributed by atoms with van der Waals surface area (Å²) in [6.45, 7) is 3.85. The Morgan fingerprint density at radius 1 is 1.10 bits per heavy atom. The molecule has 1 fully saturated rings. The van der Waals surface area contributed by atoms with Gasteiger partial charge in [-0.15, -0.1) is 12.3 Å². The molecule has 0 aromatic heterocycles. The van der Waals surface area contributed by atoms with Gasteiger partial charge in [-0.25, -0.2) is 0 Å². The van der Waals surface area contributed by atoms with Gasteiger partial charge in [0.2, 0.25) is 0 Å². The molecule has 1 heteroatoms. The molecule has 0 aromatic rings. The van der Waals surface area contributed by atoms with E-state index in [-0.39, 0.29) is 9.52 Å². The first-order valence-electron chi connectivity index (χ1n) is 4.54. The molecule has 0 aliphatic heterocycles. The highest BCUT2D eigenvalue weighted by atomic mass is 28.2. The Kier molecular flexibility index (Phi) is 3.81. The van der Waals surface area contributed by atoms with Crippen LogP contribution < -0.4 is 0 Å². The van der Waals surface area contributed by atoms with Crippen LogP contribution in [0, 0.1) is 0 Å². The van der Waals surface area contributed by atoms with Crippen LogP contribution in [0.3, 0.4) is 0 Å². The van der Waals surface area contributed by atoms with Gasteiger partial charge in [-0.3, -0.25) is 0 Å². The predicted octanol–water partition coefficient (Wildman–Crippen LogP) is 2.44. The van der Waals surface area contributed by atoms with Gasteiger partial charge >= 0.3 is 0 Å². The predicted molar refractivity (Wildman–Crippen MR) is 50.2 cm³/mol. The lowest BCUT2D eigenvalue weighted by Crippen LogP contribution is -1.98. The molecule has 1 aliphatic rings. The van der Waals surface area contributed by atoms with Gasteiger partial charge in [-0.05, 0) is 5.54 Å². The first kappa shape index (κ1) is 8.06. The highest BCUT2D eigenvalue weighted by molar-refractivity contribution is 6.43. The van der Waals surface area contributed by atoms with Gasteiger partial charge in [0.25, 0.3) is 0 Å². The average molecular weight is 154 g/mol. The van der Waals surface area contributed by atoms with Crippen molar-refractivity contribution < 1.29 is 0 Å². The quantitative estimate of drug-likeness (QED) is 0.423. The monoisotopic (exact) mass is 154 g/mol. The molecule has 0 aromatic carbocycles. The molecule has 1 saturated carbocycles. The Labute approximate surface area is 66.5 Å². The minimum Gasteiger partial charge on any atom is -0.108 e. The van der Waals surface area contributed by atoms with Crippen LogP contribution in [-0.2, 0) is 0 Å². The largest absolute Gasteiger partial charge is 0.108 e. The lowest BCUT2D eigenvalue weighted by molar-refractivity contribution is 0.695. The zero-order chi connectivity index (χ0) is 7.23. The lowest BCUT2D eigenvalue weighted by Gasteiger charge is -2.08. The van der Waals surface area contributed by atoms with Gasteiger partial charge in [0.05, 0.1) is 0 Å². The summed E-state index contributed by atoms with van der Waals surface area (Å²) in [5, 5.41) is 0. The minimum atomic E-state index is 0.118. The molecular weight excluding hydrogens is 136 g/mol. The van der Waals surface area contributed by atoms with E-state index in [2.05, 4.69) is 12.3 Å². The number of hydrogen-bond donors (Lipinski definition) is 0. The van der Waals surface area contributed by atoms with Crippen LogP contribution in [-0.4, -0.2) is 9.52 Å². The minimum absolute atomic E-state index is 0.118. The molecule has 58 valence electrons. The third-order valence-electron chi connectivity index (χ3n) is 2.47. The molecule has 0 atom stereocenters. The van der Waals surface area contributed by atoms with Gasteiger partial charge in [-0.1, -0.05) is 38.5 Å². The second-order valence-electron chi connectivity index (χ2n) is 3.38. The van der Waals surface area contributed by atoms with Crippen LogP contribution in [0.15, 0.2) is 12.3 Å². The van der Waals surface area contributed by atoms with Crippen molar-refractivity contribution in [2.45, 2.75) is 44.1 Å². The van der Waals surface area contributed by atoms with Crippen molar-refractivity contribution in [2.24, 2.45) is 0 Å². The molecule has 0 unspecified atom stereocenters. The van der Waals surface area contributed by atoms with Crippen molar-refractivity contribution >= 4 is 9.52 Å². The van der Waals surface area contributed by atoms with Crippen LogP contribution in [0.2, 0.25) is 5.54 Å². The molecule has 0 heterocycles. The van der Waals surface area contributed by atoms with Gasteiger partial charge in [0, 0.05) is 9.52 Å². The zero-order valence-electron chi connectivity index (χ0n) is 6.81. The molecule has 0 bridgehead atoms. The molecule has 1 rings (SSSR count). The van der Waals surface area contributed by atoms with Crippen LogP contribution in [0.5, 0.6) is 0 Å². The third kappa shape index (κ3) is 2.69. The van der Waals surface area contributed by atoms with Crippen molar-refractivity contribution in [1.82, 2.24) is 0 Å². The molecular formula is C9H18Si. The van der Waals surface area contributed by atoms with Crippen LogP contribution >= 0.6 is 0 Å². The van der Waals surface area contributed by atoms with Crippen LogP contribution in [0.1, 0.15) is 38.5 Å². The lowest BCUT2D eigenvalue weighted by atomic mass is 10.2. The van der Waals surface area contributed by atoms with Crippen molar-refractivity contribution in [1.29, 1.82) is 0 Å². The fourth-order valence-corrected chi connectivity index (χ4v) is 3.36. The Balaban J connectivity index is 2.21. The summed E-state index contributed by atoms with van der Waals surface area (Å²) in [6, 6.07) is 0. The molecule has 0 N–H and O–H groups in total. The normalized spacial score (nSPS) is 23.2. The van der Waals surface area contributed by atoms with E-state index in [4.69, 9.17) is 0 Å². The van der Waals surface area contributed by atoms with Crippen LogP contribution in [0.4, 0.5) is 0 Å². The SMILES string of the molecule is C=C[SiH2]C1CCCCCC1. The second kappa shape index (κ2) is 4.72. The van der Waals surface area contributed by atoms with Gasteiger partial charge in [-0.2, -0.15) is 0 Å². The van der Waals surface area contributed by atoms with Gasteiger partial charge in [0.1, 0.15) is 0 Å². The maximum atomic E-state index is 3.85. The standard InChI is InChI=1S/C9H18Si/c1-2-10-9-7-5-3-4-6-8-9/h2,9H,1,3-8,10H2. The third-order valence-corrected chi connectivity index (χ3v) is 4.29. The van der Waals surface area contributed by atoms with Gasteiger partial charge < -0.3 is 0 Å². The van der Waals surface area contributed by atoms with Gasteiger partial charge in [0.15, 0.2) is 0 Å². The fourth-order valence-electron chi connectivity index (χ4n) is 1.84. The smallest absolute Gasteiger partial charge is 0.0477 e. The summed E-state index contributed by atoms with van der Waals surface area (Å²) in [4.78, 5) is 0. The number of hydrogen-bond acceptors (Lipinski definition) is 0. The fraction of sp³-hybridized carbons (Fsp3) is 0.778. The van der Waals surface area contributed by atoms with E-state index in [0.29, 0.717) is 0 Å². The Hall–Kier alpha value is -0.0431. The summed E-state index contributed by atoms with van der Waals surface area (Å²) < 4.78 is 0. The molecule has 0 radical (unpaired) electrons. The Bertz CT molecular complexity index is 90.9. The Morgan fingerprint density at radius 3 is 2.20 bits per heavy atom. The van der Waals surface area contributed by atoms with E-state index >= 15 is 0 Å². The summed E-state index contributed by atoms with van der Waals surface area (Å²) in [6.07, 6.45) is 8.98. The average Bonchev–Trinajstić information content (AvgIpc) is 2.17. The van der Waals surface area contributed by atoms with Crippen molar-refractivity contribution in [3.63, 3.8) is 0 Å². The van der Waals surface area contributed by atoms with E-state index in [1.807, 2.05) is 0 Å². The highest BCUT2D eigenvalue weighted by Gasteiger charge is 2.09. The van der Waals surface area contributed by atoms with E-state index in [0.717, 1.165) is 5.54 Å². The van der Waals surface area contributed by atoms with E-state index in [9.17, 15) is 0 Å². The Morgan fingerprint density at radius 2 is 1.70 bits per heavy atom. The van der Waals surface area contributed by atoms with Crippen molar-refractivity contribution in [3.8, 4) is 0 Å². The van der Waals surface area contributed by atoms with Crippen molar-refractivity contribution in [3.05, 3.63) is 12.3 Å². The molecule has 0 nitrogen and oxygen atoms in total. The second-order valence-corrected chi connectivity index (χ2v) is 5.59. The summed E-state index contributed by atoms with van der Waals surface area (Å²) in [5.74, 6) is 0. The van der Waals surface area contributed by atoms with E-state index in [1.54, 1.807) is 0 Å². The van der Waals surface area contributed by atoms with Crippen molar-refractivity contribution in [2.75, 3.05) is 0 Å². The maximum absolute atomic E-state index is 3.85. The summed E-state index contributed by atoms with van der Waals surface area (Å²) in [5.41, 5.74) is 3.33. The molecule has 10 heavy (non-hydrogen) atoms. The van der Waals surface area contributed by atoms with E-state index in [1.165, 1.54) is 38.5 Å². The highest BCUT2D eigenvalue weighted by Crippen LogP contribution is 2.26. The first-order valence-corrected chi connectivity index (χ1v) is 6.17.